The molecule has 1 aliphatic rings. The standard InChI is InChI=1S/C15H25N3O9/c19-6-7(20)5-18-12-14(26)10(16-3-1-8(21)22)13(25)11(15(12)27)17-4-2-9(23)24/h7,10-19H,1-6H2,(H,21,22)(H,23,24)/q-4/p-2/t7?,10-,11+,12?,13?,14-,15+. The molecule has 1 fully saturated rings. The van der Waals surface area contributed by atoms with E-state index in [9.17, 15) is 40.2 Å². The molecule has 1 saturated carbocycles. The fourth-order valence-electron chi connectivity index (χ4n) is 2.94. The second-order valence-corrected chi connectivity index (χ2v) is 6.34. The van der Waals surface area contributed by atoms with Crippen molar-refractivity contribution in [2.75, 3.05) is 26.2 Å². The first kappa shape index (κ1) is 23.7. The largest absolute Gasteiger partial charge is 0.850 e. The highest BCUT2D eigenvalue weighted by Gasteiger charge is 2.35. The summed E-state index contributed by atoms with van der Waals surface area (Å²) in [6, 6.07) is -4.04. The van der Waals surface area contributed by atoms with Gasteiger partial charge < -0.3 is 61.3 Å². The first-order valence-electron chi connectivity index (χ1n) is 8.53. The molecule has 7 atom stereocenters. The molecule has 1 rings (SSSR count). The van der Waals surface area contributed by atoms with Crippen molar-refractivity contribution in [3.8, 4) is 0 Å². The van der Waals surface area contributed by atoms with Gasteiger partial charge in [-0.05, 0) is 37.5 Å². The van der Waals surface area contributed by atoms with Crippen LogP contribution in [0.4, 0.5) is 0 Å². The Labute approximate surface area is 155 Å². The molecule has 1 aliphatic carbocycles. The van der Waals surface area contributed by atoms with Gasteiger partial charge in [-0.3, -0.25) is 0 Å². The summed E-state index contributed by atoms with van der Waals surface area (Å²) in [5.74, 6) is -2.78. The summed E-state index contributed by atoms with van der Waals surface area (Å²) in [4.78, 5) is 21.0. The van der Waals surface area contributed by atoms with Crippen LogP contribution in [0.3, 0.4) is 0 Å². The molecule has 0 aromatic heterocycles. The lowest BCUT2D eigenvalue weighted by Gasteiger charge is -2.61. The van der Waals surface area contributed by atoms with Crippen LogP contribution in [0.25, 0.3) is 0 Å². The third kappa shape index (κ3) is 7.27. The number of rotatable bonds is 12. The Morgan fingerprint density at radius 2 is 1.19 bits per heavy atom. The number of hydrogen-bond donors (Lipinski definition) is 4. The van der Waals surface area contributed by atoms with E-state index in [-0.39, 0.29) is 19.6 Å². The van der Waals surface area contributed by atoms with Crippen LogP contribution in [-0.2, 0) is 9.59 Å². The molecule has 12 nitrogen and oxygen atoms in total. The number of aliphatic hydroxyl groups excluding tert-OH is 1. The molecule has 0 amide bonds. The summed E-state index contributed by atoms with van der Waals surface area (Å²) in [6.45, 7) is -1.54. The van der Waals surface area contributed by atoms with Crippen LogP contribution >= 0.6 is 0 Å². The summed E-state index contributed by atoms with van der Waals surface area (Å²) in [6.07, 6.45) is -7.69. The summed E-state index contributed by atoms with van der Waals surface area (Å²) in [5, 5.41) is 86.2. The molecule has 27 heavy (non-hydrogen) atoms. The van der Waals surface area contributed by atoms with Gasteiger partial charge in [0.25, 0.3) is 0 Å². The SMILES string of the molecule is O=C([O-])CCN[C@@H]1C([O-])[C@H](NCCC(=O)[O-])[C@H]([O-])C(NCC([O-])CO)[C@@H]1[O-]. The van der Waals surface area contributed by atoms with Crippen molar-refractivity contribution in [1.82, 2.24) is 16.0 Å². The molecule has 0 aromatic carbocycles. The van der Waals surface area contributed by atoms with Crippen molar-refractivity contribution in [2.24, 2.45) is 0 Å². The summed E-state index contributed by atoms with van der Waals surface area (Å²) >= 11 is 0. The summed E-state index contributed by atoms with van der Waals surface area (Å²) in [5.41, 5.74) is 0. The highest BCUT2D eigenvalue weighted by Crippen LogP contribution is 2.17. The number of carbonyl (C=O) groups is 2. The minimum Gasteiger partial charge on any atom is -0.850 e. The lowest BCUT2D eigenvalue weighted by molar-refractivity contribution is -0.536. The molecular formula is C15H23N3O9-6. The Morgan fingerprint density at radius 3 is 1.52 bits per heavy atom. The Balaban J connectivity index is 2.86. The van der Waals surface area contributed by atoms with Gasteiger partial charge in [0.1, 0.15) is 0 Å². The van der Waals surface area contributed by atoms with Crippen molar-refractivity contribution in [1.29, 1.82) is 0 Å². The van der Waals surface area contributed by atoms with Crippen LogP contribution in [0, 0.1) is 0 Å². The van der Waals surface area contributed by atoms with E-state index < -0.39 is 73.9 Å². The zero-order valence-electron chi connectivity index (χ0n) is 14.5. The van der Waals surface area contributed by atoms with Gasteiger partial charge in [0, 0.05) is 31.6 Å². The highest BCUT2D eigenvalue weighted by molar-refractivity contribution is 5.64. The molecular weight excluding hydrogens is 366 g/mol. The van der Waals surface area contributed by atoms with Crippen molar-refractivity contribution >= 4 is 11.9 Å². The van der Waals surface area contributed by atoms with Gasteiger partial charge in [0.2, 0.25) is 0 Å². The third-order valence-corrected chi connectivity index (χ3v) is 4.33. The van der Waals surface area contributed by atoms with E-state index >= 15 is 0 Å². The number of aliphatic hydroxyl groups is 1. The second-order valence-electron chi connectivity index (χ2n) is 6.34. The number of carboxylic acid groups (broad SMARTS) is 2. The molecule has 0 spiro atoms. The number of nitrogens with one attached hydrogen (secondary N) is 3. The van der Waals surface area contributed by atoms with E-state index in [1.54, 1.807) is 0 Å². The molecule has 0 saturated heterocycles. The van der Waals surface area contributed by atoms with Crippen LogP contribution in [0.5, 0.6) is 0 Å². The minimum absolute atomic E-state index is 0.229. The fraction of sp³-hybridized carbons (Fsp3) is 0.867. The van der Waals surface area contributed by atoms with Gasteiger partial charge in [0.15, 0.2) is 0 Å². The normalized spacial score (nSPS) is 32.2. The monoisotopic (exact) mass is 389 g/mol. The maximum absolute atomic E-state index is 12.5. The summed E-state index contributed by atoms with van der Waals surface area (Å²) in [7, 11) is 0. The molecule has 0 aromatic rings. The molecule has 12 heteroatoms. The van der Waals surface area contributed by atoms with Gasteiger partial charge in [0.05, 0.1) is 0 Å². The lowest BCUT2D eigenvalue weighted by Crippen LogP contribution is -2.82. The van der Waals surface area contributed by atoms with E-state index in [2.05, 4.69) is 16.0 Å². The number of hydrogen-bond acceptors (Lipinski definition) is 12. The predicted octanol–water partition coefficient (Wildman–Crippen LogP) is -9.94. The van der Waals surface area contributed by atoms with Gasteiger partial charge >= 0.3 is 0 Å². The fourth-order valence-corrected chi connectivity index (χ4v) is 2.94. The van der Waals surface area contributed by atoms with Crippen LogP contribution in [-0.4, -0.2) is 85.8 Å². The van der Waals surface area contributed by atoms with Gasteiger partial charge in [-0.25, -0.2) is 0 Å². The first-order chi connectivity index (χ1) is 12.7. The first-order valence-corrected chi connectivity index (χ1v) is 8.53. The Kier molecular flexibility index (Phi) is 10.0. The van der Waals surface area contributed by atoms with Crippen molar-refractivity contribution in [3.63, 3.8) is 0 Å². The van der Waals surface area contributed by atoms with E-state index in [4.69, 9.17) is 5.11 Å². The molecule has 158 valence electrons. The zero-order valence-corrected chi connectivity index (χ0v) is 14.5. The topological polar surface area (TPSA) is 229 Å². The average molecular weight is 389 g/mol. The maximum Gasteiger partial charge on any atom is 0.0426 e. The van der Waals surface area contributed by atoms with Crippen LogP contribution in [0.2, 0.25) is 0 Å². The van der Waals surface area contributed by atoms with Gasteiger partial charge in [-0.15, -0.1) is 0 Å². The van der Waals surface area contributed by atoms with E-state index in [1.807, 2.05) is 0 Å². The maximum atomic E-state index is 12.5. The Morgan fingerprint density at radius 1 is 0.815 bits per heavy atom. The smallest absolute Gasteiger partial charge is 0.0426 e. The van der Waals surface area contributed by atoms with E-state index in [0.717, 1.165) is 0 Å². The zero-order chi connectivity index (χ0) is 20.6. The average Bonchev–Trinajstić information content (AvgIpc) is 2.59. The van der Waals surface area contributed by atoms with E-state index in [1.165, 1.54) is 0 Å². The van der Waals surface area contributed by atoms with Crippen molar-refractivity contribution in [2.45, 2.75) is 55.4 Å². The number of carbonyl (C=O) groups excluding carboxylic acids is 2. The summed E-state index contributed by atoms with van der Waals surface area (Å²) < 4.78 is 0. The number of carboxylic acids is 2. The third-order valence-electron chi connectivity index (χ3n) is 4.33. The van der Waals surface area contributed by atoms with Gasteiger partial charge in [-0.1, -0.05) is 24.4 Å². The second kappa shape index (κ2) is 11.5. The quantitative estimate of drug-likeness (QED) is 0.244. The van der Waals surface area contributed by atoms with Crippen LogP contribution in [0.15, 0.2) is 0 Å². The van der Waals surface area contributed by atoms with E-state index in [0.29, 0.717) is 0 Å². The molecule has 0 aliphatic heterocycles. The Bertz CT molecular complexity index is 447. The van der Waals surface area contributed by atoms with Crippen molar-refractivity contribution in [3.05, 3.63) is 0 Å². The Hall–Kier alpha value is -1.38. The molecule has 4 N–H and O–H groups in total. The molecule has 0 bridgehead atoms. The predicted molar refractivity (Wildman–Crippen MR) is 76.9 cm³/mol. The van der Waals surface area contributed by atoms with Crippen LogP contribution in [0.1, 0.15) is 12.8 Å². The highest BCUT2D eigenvalue weighted by atomic mass is 16.4. The molecule has 3 unspecified atom stereocenters. The van der Waals surface area contributed by atoms with Crippen LogP contribution < -0.4 is 46.6 Å². The molecule has 0 radical (unpaired) electrons. The molecule has 0 heterocycles. The van der Waals surface area contributed by atoms with Crippen molar-refractivity contribution < 1.29 is 45.3 Å². The minimum atomic E-state index is -1.78. The van der Waals surface area contributed by atoms with Gasteiger partial charge in [-0.2, -0.15) is 0 Å². The lowest BCUT2D eigenvalue weighted by atomic mass is 9.79. The number of aliphatic carboxylic acids is 2.